The average Bonchev–Trinajstić information content (AvgIpc) is 3.13. The third kappa shape index (κ3) is 4.38. The van der Waals surface area contributed by atoms with Gasteiger partial charge in [-0.15, -0.1) is 11.3 Å². The number of nitrogen functional groups attached to an aromatic ring is 1. The molecule has 0 radical (unpaired) electrons. The Morgan fingerprint density at radius 1 is 1.45 bits per heavy atom. The number of β-lactam (4-membered cyclic amide) rings is 1. The SMILES string of the molecule is CO/N=C(\C(=O)NC1CN(/C(=C\c2ccncc2)C(=O)O)C1=O)c1csc(N)n1. The van der Waals surface area contributed by atoms with E-state index in [1.165, 1.54) is 31.0 Å². The Kier molecular flexibility index (Phi) is 5.83. The van der Waals surface area contributed by atoms with E-state index in [0.29, 0.717) is 5.56 Å². The zero-order valence-corrected chi connectivity index (χ0v) is 15.9. The fraction of sp³-hybridized carbons (Fsp3) is 0.176. The Bertz CT molecular complexity index is 1000. The second-order valence-electron chi connectivity index (χ2n) is 5.78. The fourth-order valence-corrected chi connectivity index (χ4v) is 3.09. The molecule has 1 atom stereocenters. The van der Waals surface area contributed by atoms with Crippen molar-refractivity contribution < 1.29 is 24.3 Å². The molecule has 1 fully saturated rings. The summed E-state index contributed by atoms with van der Waals surface area (Å²) < 4.78 is 0. The van der Waals surface area contributed by atoms with Gasteiger partial charge in [-0.3, -0.25) is 14.6 Å². The van der Waals surface area contributed by atoms with E-state index in [4.69, 9.17) is 5.73 Å². The topological polar surface area (TPSA) is 160 Å². The molecular formula is C17H16N6O5S. The molecule has 29 heavy (non-hydrogen) atoms. The van der Waals surface area contributed by atoms with Crippen LogP contribution in [-0.4, -0.2) is 63.2 Å². The molecule has 1 aliphatic rings. The number of oxime groups is 1. The van der Waals surface area contributed by atoms with Crippen LogP contribution in [0.4, 0.5) is 5.13 Å². The Morgan fingerprint density at radius 3 is 2.72 bits per heavy atom. The molecule has 0 spiro atoms. The normalized spacial score (nSPS) is 16.9. The van der Waals surface area contributed by atoms with E-state index in [2.05, 4.69) is 25.3 Å². The molecule has 2 amide bonds. The van der Waals surface area contributed by atoms with Crippen molar-refractivity contribution in [2.45, 2.75) is 6.04 Å². The van der Waals surface area contributed by atoms with Gasteiger partial charge in [-0.25, -0.2) is 9.78 Å². The summed E-state index contributed by atoms with van der Waals surface area (Å²) >= 11 is 1.12. The van der Waals surface area contributed by atoms with Crippen molar-refractivity contribution in [3.05, 3.63) is 46.9 Å². The Balaban J connectivity index is 1.71. The van der Waals surface area contributed by atoms with Crippen LogP contribution >= 0.6 is 11.3 Å². The lowest BCUT2D eigenvalue weighted by atomic mass is 10.0. The summed E-state index contributed by atoms with van der Waals surface area (Å²) in [5, 5.41) is 17.4. The first-order valence-electron chi connectivity index (χ1n) is 8.20. The first-order valence-corrected chi connectivity index (χ1v) is 9.08. The molecule has 1 unspecified atom stereocenters. The molecule has 3 rings (SSSR count). The molecule has 2 aromatic rings. The van der Waals surface area contributed by atoms with Crippen molar-refractivity contribution in [1.82, 2.24) is 20.2 Å². The predicted molar refractivity (Wildman–Crippen MR) is 104 cm³/mol. The number of nitrogens with zero attached hydrogens (tertiary/aromatic N) is 4. The number of carbonyl (C=O) groups excluding carboxylic acids is 2. The number of likely N-dealkylation sites (tertiary alicyclic amines) is 1. The van der Waals surface area contributed by atoms with Crippen molar-refractivity contribution in [1.29, 1.82) is 0 Å². The van der Waals surface area contributed by atoms with Gasteiger partial charge < -0.3 is 25.9 Å². The van der Waals surface area contributed by atoms with Crippen LogP contribution in [0.25, 0.3) is 6.08 Å². The molecule has 1 aliphatic heterocycles. The van der Waals surface area contributed by atoms with E-state index in [1.807, 2.05) is 0 Å². The Morgan fingerprint density at radius 2 is 2.17 bits per heavy atom. The van der Waals surface area contributed by atoms with Crippen molar-refractivity contribution in [3.63, 3.8) is 0 Å². The highest BCUT2D eigenvalue weighted by Crippen LogP contribution is 2.21. The molecule has 1 saturated heterocycles. The minimum Gasteiger partial charge on any atom is -0.477 e. The molecule has 150 valence electrons. The van der Waals surface area contributed by atoms with Gasteiger partial charge in [0.1, 0.15) is 24.5 Å². The fourth-order valence-electron chi connectivity index (χ4n) is 2.54. The summed E-state index contributed by atoms with van der Waals surface area (Å²) in [6.07, 6.45) is 4.37. The van der Waals surface area contributed by atoms with Crippen LogP contribution in [0, 0.1) is 0 Å². The van der Waals surface area contributed by atoms with Crippen LogP contribution < -0.4 is 11.1 Å². The number of aliphatic carboxylic acids is 1. The third-order valence-electron chi connectivity index (χ3n) is 3.92. The van der Waals surface area contributed by atoms with E-state index in [-0.39, 0.29) is 28.8 Å². The number of nitrogens with one attached hydrogen (secondary N) is 1. The molecule has 4 N–H and O–H groups in total. The predicted octanol–water partition coefficient (Wildman–Crippen LogP) is -0.0765. The molecule has 3 heterocycles. The van der Waals surface area contributed by atoms with Crippen molar-refractivity contribution in [3.8, 4) is 0 Å². The number of anilines is 1. The average molecular weight is 416 g/mol. The summed E-state index contributed by atoms with van der Waals surface area (Å²) in [5.41, 5.74) is 6.01. The second-order valence-corrected chi connectivity index (χ2v) is 6.67. The maximum Gasteiger partial charge on any atom is 0.352 e. The number of nitrogens with two attached hydrogens (primary N) is 1. The lowest BCUT2D eigenvalue weighted by Gasteiger charge is -2.38. The smallest absolute Gasteiger partial charge is 0.352 e. The van der Waals surface area contributed by atoms with E-state index in [9.17, 15) is 19.5 Å². The Labute approximate surface area is 168 Å². The van der Waals surface area contributed by atoms with Gasteiger partial charge in [0.2, 0.25) is 0 Å². The number of carbonyl (C=O) groups is 3. The van der Waals surface area contributed by atoms with Gasteiger partial charge in [0, 0.05) is 17.8 Å². The number of hydrogen-bond acceptors (Lipinski definition) is 9. The maximum atomic E-state index is 12.5. The number of carboxylic acids is 1. The van der Waals surface area contributed by atoms with Gasteiger partial charge in [-0.05, 0) is 23.8 Å². The van der Waals surface area contributed by atoms with E-state index < -0.39 is 23.8 Å². The van der Waals surface area contributed by atoms with Crippen LogP contribution in [0.1, 0.15) is 11.3 Å². The van der Waals surface area contributed by atoms with Crippen LogP contribution in [0.5, 0.6) is 0 Å². The number of aromatic nitrogens is 2. The lowest BCUT2D eigenvalue weighted by molar-refractivity contribution is -0.148. The second kappa shape index (κ2) is 8.48. The van der Waals surface area contributed by atoms with Crippen LogP contribution in [-0.2, 0) is 19.2 Å². The van der Waals surface area contributed by atoms with Gasteiger partial charge in [0.25, 0.3) is 11.8 Å². The minimum absolute atomic E-state index is 0.00669. The van der Waals surface area contributed by atoms with Gasteiger partial charge >= 0.3 is 5.97 Å². The third-order valence-corrected chi connectivity index (χ3v) is 4.59. The van der Waals surface area contributed by atoms with Gasteiger partial charge in [0.15, 0.2) is 10.8 Å². The zero-order chi connectivity index (χ0) is 21.0. The number of hydrogen-bond donors (Lipinski definition) is 3. The Hall–Kier alpha value is -3.80. The first kappa shape index (κ1) is 19.9. The quantitative estimate of drug-likeness (QED) is 0.245. The maximum absolute atomic E-state index is 12.5. The summed E-state index contributed by atoms with van der Waals surface area (Å²) in [7, 11) is 1.27. The molecule has 0 aliphatic carbocycles. The molecule has 12 heteroatoms. The van der Waals surface area contributed by atoms with Crippen LogP contribution in [0.3, 0.4) is 0 Å². The van der Waals surface area contributed by atoms with Gasteiger partial charge in [0.05, 0.1) is 6.54 Å². The van der Waals surface area contributed by atoms with Crippen LogP contribution in [0.15, 0.2) is 40.8 Å². The van der Waals surface area contributed by atoms with E-state index >= 15 is 0 Å². The summed E-state index contributed by atoms with van der Waals surface area (Å²) in [5.74, 6) is -2.51. The first-order chi connectivity index (χ1) is 13.9. The highest BCUT2D eigenvalue weighted by molar-refractivity contribution is 7.13. The van der Waals surface area contributed by atoms with E-state index in [1.54, 1.807) is 12.1 Å². The van der Waals surface area contributed by atoms with Gasteiger partial charge in [-0.2, -0.15) is 0 Å². The number of amides is 2. The van der Waals surface area contributed by atoms with E-state index in [0.717, 1.165) is 16.2 Å². The molecule has 0 saturated carbocycles. The highest BCUT2D eigenvalue weighted by atomic mass is 32.1. The van der Waals surface area contributed by atoms with Crippen LogP contribution in [0.2, 0.25) is 0 Å². The van der Waals surface area contributed by atoms with Crippen molar-refractivity contribution in [2.24, 2.45) is 5.16 Å². The molecule has 2 aromatic heterocycles. The molecule has 0 aromatic carbocycles. The van der Waals surface area contributed by atoms with Gasteiger partial charge in [-0.1, -0.05) is 5.16 Å². The molecular weight excluding hydrogens is 400 g/mol. The number of rotatable bonds is 7. The summed E-state index contributed by atoms with van der Waals surface area (Å²) in [6, 6.07) is 2.32. The number of thiazole rings is 1. The van der Waals surface area contributed by atoms with Crippen molar-refractivity contribution >= 4 is 46.0 Å². The largest absolute Gasteiger partial charge is 0.477 e. The standard InChI is InChI=1S/C17H16N6O5S/c1-28-22-13(11-8-29-17(18)21-11)14(24)20-10-7-23(15(10)25)12(16(26)27)6-9-2-4-19-5-3-9/h2-6,8,10H,7H2,1H3,(H2,18,21)(H,20,24)(H,26,27)/b12-6-,22-13-. The monoisotopic (exact) mass is 416 g/mol. The molecule has 0 bridgehead atoms. The van der Waals surface area contributed by atoms with Crippen molar-refractivity contribution in [2.75, 3.05) is 19.4 Å². The lowest BCUT2D eigenvalue weighted by Crippen LogP contribution is -2.64. The minimum atomic E-state index is -1.26. The zero-order valence-electron chi connectivity index (χ0n) is 15.1. The highest BCUT2D eigenvalue weighted by Gasteiger charge is 2.42. The molecule has 11 nitrogen and oxygen atoms in total. The number of pyridine rings is 1. The summed E-state index contributed by atoms with van der Waals surface area (Å²) in [6.45, 7) is -0.00669. The number of carboxylic acid groups (broad SMARTS) is 1. The summed E-state index contributed by atoms with van der Waals surface area (Å²) in [4.78, 5) is 50.1.